The maximum atomic E-state index is 11.9. The van der Waals surface area contributed by atoms with Crippen LogP contribution in [0.25, 0.3) is 0 Å². The minimum Gasteiger partial charge on any atom is -0.349 e. The summed E-state index contributed by atoms with van der Waals surface area (Å²) in [5.41, 5.74) is 1.11. The third-order valence-electron chi connectivity index (χ3n) is 2.86. The van der Waals surface area contributed by atoms with Crippen molar-refractivity contribution < 1.29 is 4.79 Å². The summed E-state index contributed by atoms with van der Waals surface area (Å²) in [4.78, 5) is 12.9. The zero-order valence-electron chi connectivity index (χ0n) is 11.2. The molecule has 2 aromatic rings. The molecule has 0 saturated heterocycles. The normalized spacial score (nSPS) is 11.9. The molecular weight excluding hydrogens is 290 g/mol. The molecule has 0 aliphatic rings. The van der Waals surface area contributed by atoms with Crippen molar-refractivity contribution in [1.82, 2.24) is 5.32 Å². The van der Waals surface area contributed by atoms with Gasteiger partial charge >= 0.3 is 0 Å². The molecule has 0 aliphatic heterocycles. The molecule has 0 spiro atoms. The number of amides is 1. The van der Waals surface area contributed by atoms with Gasteiger partial charge in [-0.05, 0) is 36.8 Å². The van der Waals surface area contributed by atoms with Gasteiger partial charge in [-0.1, -0.05) is 41.9 Å². The number of hydrogen-bond donors (Lipinski definition) is 1. The van der Waals surface area contributed by atoms with E-state index < -0.39 is 0 Å². The average molecular weight is 306 g/mol. The summed E-state index contributed by atoms with van der Waals surface area (Å²) in [6, 6.07) is 17.4. The predicted molar refractivity (Wildman–Crippen MR) is 85.2 cm³/mol. The molecule has 1 amide bonds. The number of hydrogen-bond acceptors (Lipinski definition) is 2. The van der Waals surface area contributed by atoms with Crippen molar-refractivity contribution in [3.63, 3.8) is 0 Å². The van der Waals surface area contributed by atoms with Crippen LogP contribution in [0.2, 0.25) is 5.02 Å². The number of thioether (sulfide) groups is 1. The largest absolute Gasteiger partial charge is 0.349 e. The summed E-state index contributed by atoms with van der Waals surface area (Å²) in [5, 5.41) is 3.70. The summed E-state index contributed by atoms with van der Waals surface area (Å²) in [6.45, 7) is 1.99. The Morgan fingerprint density at radius 2 is 1.80 bits per heavy atom. The second-order valence-corrected chi connectivity index (χ2v) is 5.93. The fourth-order valence-corrected chi connectivity index (χ4v) is 2.62. The molecule has 4 heteroatoms. The molecule has 1 N–H and O–H groups in total. The smallest absolute Gasteiger partial charge is 0.230 e. The van der Waals surface area contributed by atoms with Crippen molar-refractivity contribution in [3.05, 3.63) is 65.2 Å². The molecule has 0 radical (unpaired) electrons. The van der Waals surface area contributed by atoms with Gasteiger partial charge in [-0.25, -0.2) is 0 Å². The molecule has 0 heterocycles. The lowest BCUT2D eigenvalue weighted by molar-refractivity contribution is -0.119. The number of carbonyl (C=O) groups is 1. The summed E-state index contributed by atoms with van der Waals surface area (Å²) in [6.07, 6.45) is 0. The van der Waals surface area contributed by atoms with Gasteiger partial charge in [0.25, 0.3) is 0 Å². The Bertz CT molecular complexity index is 556. The zero-order chi connectivity index (χ0) is 14.4. The van der Waals surface area contributed by atoms with E-state index in [2.05, 4.69) is 5.32 Å². The van der Waals surface area contributed by atoms with Crippen molar-refractivity contribution in [1.29, 1.82) is 0 Å². The van der Waals surface area contributed by atoms with Crippen molar-refractivity contribution in [2.24, 2.45) is 0 Å². The maximum absolute atomic E-state index is 11.9. The maximum Gasteiger partial charge on any atom is 0.230 e. The molecule has 2 nitrogen and oxygen atoms in total. The number of halogens is 1. The number of rotatable bonds is 5. The monoisotopic (exact) mass is 305 g/mol. The lowest BCUT2D eigenvalue weighted by Crippen LogP contribution is -2.28. The van der Waals surface area contributed by atoms with Gasteiger partial charge in [0.15, 0.2) is 0 Å². The summed E-state index contributed by atoms with van der Waals surface area (Å²) in [7, 11) is 0. The molecule has 0 fully saturated rings. The Kier molecular flexibility index (Phi) is 5.50. The first-order valence-corrected chi connectivity index (χ1v) is 7.74. The summed E-state index contributed by atoms with van der Waals surface area (Å²) in [5.74, 6) is 0.431. The van der Waals surface area contributed by atoms with E-state index in [9.17, 15) is 4.79 Å². The van der Waals surface area contributed by atoms with Crippen LogP contribution in [0.4, 0.5) is 0 Å². The van der Waals surface area contributed by atoms with E-state index in [4.69, 9.17) is 11.6 Å². The number of nitrogens with one attached hydrogen (secondary N) is 1. The second-order valence-electron chi connectivity index (χ2n) is 4.44. The third-order valence-corrected chi connectivity index (χ3v) is 4.12. The quantitative estimate of drug-likeness (QED) is 0.834. The predicted octanol–water partition coefficient (Wildman–Crippen LogP) is 4.31. The van der Waals surface area contributed by atoms with Gasteiger partial charge in [0.1, 0.15) is 0 Å². The molecule has 2 aromatic carbocycles. The molecule has 2 rings (SSSR count). The molecule has 104 valence electrons. The first-order chi connectivity index (χ1) is 9.65. The molecule has 0 saturated carbocycles. The lowest BCUT2D eigenvalue weighted by Gasteiger charge is -2.14. The molecule has 20 heavy (non-hydrogen) atoms. The van der Waals surface area contributed by atoms with E-state index in [1.807, 2.05) is 61.5 Å². The Balaban J connectivity index is 1.82. The number of benzene rings is 2. The highest BCUT2D eigenvalue weighted by atomic mass is 35.5. The first-order valence-electron chi connectivity index (χ1n) is 6.38. The van der Waals surface area contributed by atoms with Crippen LogP contribution in [-0.4, -0.2) is 11.7 Å². The van der Waals surface area contributed by atoms with Gasteiger partial charge in [-0.2, -0.15) is 0 Å². The van der Waals surface area contributed by atoms with Crippen LogP contribution in [0, 0.1) is 0 Å². The third kappa shape index (κ3) is 4.58. The Hall–Kier alpha value is -1.45. The van der Waals surface area contributed by atoms with Crippen molar-refractivity contribution in [3.8, 4) is 0 Å². The highest BCUT2D eigenvalue weighted by Crippen LogP contribution is 2.20. The fraction of sp³-hybridized carbons (Fsp3) is 0.188. The van der Waals surface area contributed by atoms with Crippen LogP contribution in [0.5, 0.6) is 0 Å². The van der Waals surface area contributed by atoms with Crippen LogP contribution < -0.4 is 5.32 Å². The first kappa shape index (κ1) is 14.9. The zero-order valence-corrected chi connectivity index (χ0v) is 12.7. The minimum atomic E-state index is 0.0227. The van der Waals surface area contributed by atoms with Crippen molar-refractivity contribution in [2.75, 3.05) is 5.75 Å². The second kappa shape index (κ2) is 7.36. The molecule has 0 bridgehead atoms. The summed E-state index contributed by atoms with van der Waals surface area (Å²) < 4.78 is 0. The Labute approximate surface area is 128 Å². The lowest BCUT2D eigenvalue weighted by atomic mass is 10.1. The highest BCUT2D eigenvalue weighted by molar-refractivity contribution is 8.00. The number of carbonyl (C=O) groups excluding carboxylic acids is 1. The van der Waals surface area contributed by atoms with E-state index in [0.29, 0.717) is 10.8 Å². The van der Waals surface area contributed by atoms with Gasteiger partial charge < -0.3 is 5.32 Å². The van der Waals surface area contributed by atoms with Gasteiger partial charge in [0, 0.05) is 9.92 Å². The van der Waals surface area contributed by atoms with Crippen LogP contribution in [-0.2, 0) is 4.79 Å². The van der Waals surface area contributed by atoms with Crippen LogP contribution in [0.3, 0.4) is 0 Å². The van der Waals surface area contributed by atoms with E-state index in [-0.39, 0.29) is 11.9 Å². The van der Waals surface area contributed by atoms with Gasteiger partial charge in [0.2, 0.25) is 5.91 Å². The van der Waals surface area contributed by atoms with Crippen molar-refractivity contribution in [2.45, 2.75) is 17.9 Å². The SMILES string of the molecule is C[C@H](NC(=O)CSc1ccc(Cl)cc1)c1ccccc1. The van der Waals surface area contributed by atoms with E-state index in [1.54, 1.807) is 0 Å². The fourth-order valence-electron chi connectivity index (χ4n) is 1.79. The topological polar surface area (TPSA) is 29.1 Å². The summed E-state index contributed by atoms with van der Waals surface area (Å²) >= 11 is 7.33. The average Bonchev–Trinajstić information content (AvgIpc) is 2.47. The molecule has 0 aromatic heterocycles. The Morgan fingerprint density at radius 1 is 1.15 bits per heavy atom. The molecule has 0 aliphatic carbocycles. The molecular formula is C16H16ClNOS. The van der Waals surface area contributed by atoms with Gasteiger partial charge in [-0.15, -0.1) is 11.8 Å². The Morgan fingerprint density at radius 3 is 2.45 bits per heavy atom. The van der Waals surface area contributed by atoms with Crippen molar-refractivity contribution >= 4 is 29.3 Å². The highest BCUT2D eigenvalue weighted by Gasteiger charge is 2.09. The van der Waals surface area contributed by atoms with Crippen LogP contribution in [0.1, 0.15) is 18.5 Å². The van der Waals surface area contributed by atoms with Gasteiger partial charge in [0.05, 0.1) is 11.8 Å². The molecule has 1 atom stereocenters. The van der Waals surface area contributed by atoms with Crippen LogP contribution in [0.15, 0.2) is 59.5 Å². The molecule has 0 unspecified atom stereocenters. The van der Waals surface area contributed by atoms with E-state index in [0.717, 1.165) is 10.5 Å². The van der Waals surface area contributed by atoms with E-state index in [1.165, 1.54) is 11.8 Å². The van der Waals surface area contributed by atoms with Crippen LogP contribution >= 0.6 is 23.4 Å². The van der Waals surface area contributed by atoms with E-state index >= 15 is 0 Å². The van der Waals surface area contributed by atoms with Gasteiger partial charge in [-0.3, -0.25) is 4.79 Å². The minimum absolute atomic E-state index is 0.0227. The standard InChI is InChI=1S/C16H16ClNOS/c1-12(13-5-3-2-4-6-13)18-16(19)11-20-15-9-7-14(17)8-10-15/h2-10,12H,11H2,1H3,(H,18,19)/t12-/m0/s1.